The monoisotopic (exact) mass is 337 g/mol. The molecule has 1 aromatic heterocycles. The lowest BCUT2D eigenvalue weighted by molar-refractivity contribution is 0.102. The highest BCUT2D eigenvalue weighted by Gasteiger charge is 2.20. The maximum absolute atomic E-state index is 13.1. The lowest BCUT2D eigenvalue weighted by atomic mass is 10.1. The molecule has 1 amide bonds. The van der Waals surface area contributed by atoms with Gasteiger partial charge in [-0.2, -0.15) is 5.10 Å². The Morgan fingerprint density at radius 2 is 1.72 bits per heavy atom. The summed E-state index contributed by atoms with van der Waals surface area (Å²) < 4.78 is 14.8. The Kier molecular flexibility index (Phi) is 4.40. The Bertz CT molecular complexity index is 942. The van der Waals surface area contributed by atoms with E-state index in [0.717, 1.165) is 16.8 Å². The number of amides is 1. The molecule has 3 aromatic rings. The molecule has 1 N–H and O–H groups in total. The summed E-state index contributed by atoms with van der Waals surface area (Å²) in [5.41, 5.74) is 5.53. The van der Waals surface area contributed by atoms with Crippen LogP contribution < -0.4 is 5.32 Å². The number of aromatic nitrogens is 2. The maximum Gasteiger partial charge on any atom is 0.259 e. The summed E-state index contributed by atoms with van der Waals surface area (Å²) in [6, 6.07) is 11.9. The predicted octanol–water partition coefficient (Wildman–Crippen LogP) is 4.50. The summed E-state index contributed by atoms with van der Waals surface area (Å²) in [6.45, 7) is 7.61. The third-order valence-corrected chi connectivity index (χ3v) is 4.22. The molecule has 0 atom stereocenters. The van der Waals surface area contributed by atoms with E-state index in [2.05, 4.69) is 10.4 Å². The van der Waals surface area contributed by atoms with Crippen LogP contribution in [0.5, 0.6) is 0 Å². The summed E-state index contributed by atoms with van der Waals surface area (Å²) in [4.78, 5) is 12.8. The molecule has 1 heterocycles. The summed E-state index contributed by atoms with van der Waals surface area (Å²) in [6.07, 6.45) is 0. The van der Waals surface area contributed by atoms with Gasteiger partial charge in [-0.05, 0) is 63.6 Å². The number of nitrogens with one attached hydrogen (secondary N) is 1. The zero-order chi connectivity index (χ0) is 18.1. The molecular formula is C20H20FN3O. The van der Waals surface area contributed by atoms with E-state index in [9.17, 15) is 9.18 Å². The zero-order valence-electron chi connectivity index (χ0n) is 14.7. The number of halogens is 1. The predicted molar refractivity (Wildman–Crippen MR) is 96.9 cm³/mol. The minimum absolute atomic E-state index is 0.199. The van der Waals surface area contributed by atoms with Crippen LogP contribution in [-0.2, 0) is 0 Å². The Morgan fingerprint density at radius 3 is 2.36 bits per heavy atom. The van der Waals surface area contributed by atoms with Gasteiger partial charge in [0.25, 0.3) is 5.91 Å². The molecule has 0 spiro atoms. The number of benzene rings is 2. The third-order valence-electron chi connectivity index (χ3n) is 4.22. The molecule has 128 valence electrons. The van der Waals surface area contributed by atoms with Gasteiger partial charge >= 0.3 is 0 Å². The molecular weight excluding hydrogens is 317 g/mol. The van der Waals surface area contributed by atoms with E-state index in [0.29, 0.717) is 22.6 Å². The van der Waals surface area contributed by atoms with Crippen LogP contribution in [0, 0.1) is 33.5 Å². The van der Waals surface area contributed by atoms with Crippen molar-refractivity contribution in [3.63, 3.8) is 0 Å². The number of aryl methyl sites for hydroxylation is 3. The Morgan fingerprint density at radius 1 is 1.04 bits per heavy atom. The van der Waals surface area contributed by atoms with Crippen molar-refractivity contribution in [1.29, 1.82) is 0 Å². The quantitative estimate of drug-likeness (QED) is 0.765. The standard InChI is InChI=1S/C20H20FN3O/c1-12-5-10-18(13(2)11-12)22-20(25)19-14(3)23-24(15(19)4)17-8-6-16(21)7-9-17/h5-11H,1-4H3,(H,22,25). The second-order valence-corrected chi connectivity index (χ2v) is 6.21. The fourth-order valence-electron chi connectivity index (χ4n) is 2.94. The molecule has 0 aliphatic carbocycles. The fourth-order valence-corrected chi connectivity index (χ4v) is 2.94. The van der Waals surface area contributed by atoms with Crippen LogP contribution in [-0.4, -0.2) is 15.7 Å². The van der Waals surface area contributed by atoms with Gasteiger partial charge in [0.15, 0.2) is 0 Å². The molecule has 0 radical (unpaired) electrons. The van der Waals surface area contributed by atoms with Gasteiger partial charge in [-0.1, -0.05) is 17.7 Å². The van der Waals surface area contributed by atoms with Gasteiger partial charge in [-0.15, -0.1) is 0 Å². The van der Waals surface area contributed by atoms with Gasteiger partial charge in [0.05, 0.1) is 22.6 Å². The summed E-state index contributed by atoms with van der Waals surface area (Å²) in [5.74, 6) is -0.506. The molecule has 0 fully saturated rings. The molecule has 25 heavy (non-hydrogen) atoms. The number of anilines is 1. The Balaban J connectivity index is 1.94. The molecule has 5 heteroatoms. The van der Waals surface area contributed by atoms with Crippen molar-refractivity contribution in [2.75, 3.05) is 5.32 Å². The van der Waals surface area contributed by atoms with Gasteiger partial charge in [-0.3, -0.25) is 4.79 Å². The Labute approximate surface area is 146 Å². The summed E-state index contributed by atoms with van der Waals surface area (Å²) >= 11 is 0. The van der Waals surface area contributed by atoms with Crippen molar-refractivity contribution in [2.24, 2.45) is 0 Å². The maximum atomic E-state index is 13.1. The van der Waals surface area contributed by atoms with Crippen LogP contribution in [0.4, 0.5) is 10.1 Å². The molecule has 0 saturated heterocycles. The second kappa shape index (κ2) is 6.51. The average Bonchev–Trinajstić information content (AvgIpc) is 2.85. The molecule has 0 saturated carbocycles. The van der Waals surface area contributed by atoms with E-state index in [1.165, 1.54) is 12.1 Å². The highest BCUT2D eigenvalue weighted by Crippen LogP contribution is 2.21. The van der Waals surface area contributed by atoms with Gasteiger partial charge in [0, 0.05) is 5.69 Å². The van der Waals surface area contributed by atoms with Crippen LogP contribution >= 0.6 is 0 Å². The van der Waals surface area contributed by atoms with E-state index in [-0.39, 0.29) is 11.7 Å². The van der Waals surface area contributed by atoms with Crippen LogP contribution in [0.1, 0.15) is 32.9 Å². The van der Waals surface area contributed by atoms with Crippen molar-refractivity contribution in [3.05, 3.63) is 76.4 Å². The van der Waals surface area contributed by atoms with E-state index in [1.807, 2.05) is 39.0 Å². The lowest BCUT2D eigenvalue weighted by Gasteiger charge is -2.10. The van der Waals surface area contributed by atoms with Crippen molar-refractivity contribution in [1.82, 2.24) is 9.78 Å². The topological polar surface area (TPSA) is 46.9 Å². The minimum Gasteiger partial charge on any atom is -0.322 e. The smallest absolute Gasteiger partial charge is 0.259 e. The highest BCUT2D eigenvalue weighted by atomic mass is 19.1. The van der Waals surface area contributed by atoms with Gasteiger partial charge in [-0.25, -0.2) is 9.07 Å². The lowest BCUT2D eigenvalue weighted by Crippen LogP contribution is -2.15. The first kappa shape index (κ1) is 16.9. The van der Waals surface area contributed by atoms with Crippen molar-refractivity contribution in [3.8, 4) is 5.69 Å². The highest BCUT2D eigenvalue weighted by molar-refractivity contribution is 6.06. The normalized spacial score (nSPS) is 10.8. The number of nitrogens with zero attached hydrogens (tertiary/aromatic N) is 2. The minimum atomic E-state index is -0.307. The number of hydrogen-bond donors (Lipinski definition) is 1. The molecule has 4 nitrogen and oxygen atoms in total. The molecule has 0 unspecified atom stereocenters. The van der Waals surface area contributed by atoms with E-state index in [1.54, 1.807) is 23.7 Å². The first-order valence-electron chi connectivity index (χ1n) is 8.07. The number of rotatable bonds is 3. The first-order valence-corrected chi connectivity index (χ1v) is 8.07. The number of hydrogen-bond acceptors (Lipinski definition) is 2. The van der Waals surface area contributed by atoms with Gasteiger partial charge < -0.3 is 5.32 Å². The third kappa shape index (κ3) is 3.31. The van der Waals surface area contributed by atoms with E-state index < -0.39 is 0 Å². The van der Waals surface area contributed by atoms with Crippen LogP contribution in [0.2, 0.25) is 0 Å². The van der Waals surface area contributed by atoms with Crippen molar-refractivity contribution >= 4 is 11.6 Å². The zero-order valence-corrected chi connectivity index (χ0v) is 14.7. The Hall–Kier alpha value is -2.95. The molecule has 0 bridgehead atoms. The molecule has 3 rings (SSSR count). The van der Waals surface area contributed by atoms with Crippen LogP contribution in [0.3, 0.4) is 0 Å². The number of carbonyl (C=O) groups is 1. The van der Waals surface area contributed by atoms with Gasteiger partial charge in [0.1, 0.15) is 5.82 Å². The second-order valence-electron chi connectivity index (χ2n) is 6.21. The summed E-state index contributed by atoms with van der Waals surface area (Å²) in [7, 11) is 0. The fraction of sp³-hybridized carbons (Fsp3) is 0.200. The first-order chi connectivity index (χ1) is 11.9. The molecule has 0 aliphatic rings. The number of carbonyl (C=O) groups excluding carboxylic acids is 1. The van der Waals surface area contributed by atoms with E-state index in [4.69, 9.17) is 0 Å². The molecule has 0 aliphatic heterocycles. The van der Waals surface area contributed by atoms with Crippen molar-refractivity contribution in [2.45, 2.75) is 27.7 Å². The SMILES string of the molecule is Cc1ccc(NC(=O)c2c(C)nn(-c3ccc(F)cc3)c2C)c(C)c1. The van der Waals surface area contributed by atoms with Crippen LogP contribution in [0.15, 0.2) is 42.5 Å². The van der Waals surface area contributed by atoms with E-state index >= 15 is 0 Å². The molecule has 2 aromatic carbocycles. The summed E-state index contributed by atoms with van der Waals surface area (Å²) in [5, 5.41) is 7.40. The van der Waals surface area contributed by atoms with Gasteiger partial charge in [0.2, 0.25) is 0 Å². The van der Waals surface area contributed by atoms with Crippen molar-refractivity contribution < 1.29 is 9.18 Å². The average molecular weight is 337 g/mol. The largest absolute Gasteiger partial charge is 0.322 e. The van der Waals surface area contributed by atoms with Crippen LogP contribution in [0.25, 0.3) is 5.69 Å².